The summed E-state index contributed by atoms with van der Waals surface area (Å²) in [7, 11) is 2.17. The first-order valence-corrected chi connectivity index (χ1v) is 7.58. The van der Waals surface area contributed by atoms with Crippen LogP contribution in [0.25, 0.3) is 11.0 Å². The highest BCUT2D eigenvalue weighted by Gasteiger charge is 2.18. The molecule has 1 heterocycles. The number of hydrogen-bond donors (Lipinski definition) is 3. The molecule has 0 fully saturated rings. The first-order chi connectivity index (χ1) is 10.6. The molecule has 0 bridgehead atoms. The van der Waals surface area contributed by atoms with Gasteiger partial charge in [0.25, 0.3) is 0 Å². The van der Waals surface area contributed by atoms with Crippen LogP contribution in [0.3, 0.4) is 0 Å². The Kier molecular flexibility index (Phi) is 5.54. The number of quaternary nitrogens is 1. The van der Waals surface area contributed by atoms with Crippen molar-refractivity contribution in [2.75, 3.05) is 51.6 Å². The van der Waals surface area contributed by atoms with Crippen LogP contribution in [-0.4, -0.2) is 50.8 Å². The van der Waals surface area contributed by atoms with E-state index in [0.29, 0.717) is 18.7 Å². The van der Waals surface area contributed by atoms with E-state index in [2.05, 4.69) is 12.4 Å². The molecule has 0 aliphatic rings. The van der Waals surface area contributed by atoms with E-state index in [1.165, 1.54) is 6.07 Å². The fraction of sp³-hybridized carbons (Fsp3) is 0.438. The minimum absolute atomic E-state index is 0.334. The molecule has 6 nitrogen and oxygen atoms in total. The maximum Gasteiger partial charge on any atom is 0.336 e. The van der Waals surface area contributed by atoms with Crippen LogP contribution < -0.4 is 22.4 Å². The molecule has 0 aliphatic heterocycles. The van der Waals surface area contributed by atoms with E-state index in [9.17, 15) is 4.79 Å². The lowest BCUT2D eigenvalue weighted by Crippen LogP contribution is -2.52. The van der Waals surface area contributed by atoms with Crippen molar-refractivity contribution in [3.05, 3.63) is 40.8 Å². The van der Waals surface area contributed by atoms with E-state index >= 15 is 0 Å². The lowest BCUT2D eigenvalue weighted by atomic mass is 10.2. The van der Waals surface area contributed by atoms with E-state index in [1.54, 1.807) is 6.07 Å². The summed E-state index contributed by atoms with van der Waals surface area (Å²) in [5.41, 5.74) is 12.6. The highest BCUT2D eigenvalue weighted by atomic mass is 16.4. The van der Waals surface area contributed by atoms with Crippen LogP contribution in [0.1, 0.15) is 0 Å². The normalized spacial score (nSPS) is 11.8. The van der Waals surface area contributed by atoms with Crippen molar-refractivity contribution in [2.45, 2.75) is 0 Å². The zero-order valence-electron chi connectivity index (χ0n) is 13.0. The predicted molar refractivity (Wildman–Crippen MR) is 89.9 cm³/mol. The van der Waals surface area contributed by atoms with Gasteiger partial charge in [0.1, 0.15) is 5.58 Å². The largest absolute Gasteiger partial charge is 0.423 e. The molecule has 6 heteroatoms. The van der Waals surface area contributed by atoms with Gasteiger partial charge in [-0.1, -0.05) is 0 Å². The number of benzene rings is 1. The molecular weight excluding hydrogens is 280 g/mol. The average Bonchev–Trinajstić information content (AvgIpc) is 2.47. The zero-order valence-corrected chi connectivity index (χ0v) is 13.0. The van der Waals surface area contributed by atoms with E-state index in [1.807, 2.05) is 18.2 Å². The quantitative estimate of drug-likeness (QED) is 0.489. The van der Waals surface area contributed by atoms with Crippen molar-refractivity contribution < 1.29 is 8.90 Å². The van der Waals surface area contributed by atoms with Crippen LogP contribution in [0.5, 0.6) is 0 Å². The second-order valence-corrected chi connectivity index (χ2v) is 5.80. The first kappa shape index (κ1) is 16.5. The second kappa shape index (κ2) is 7.40. The summed E-state index contributed by atoms with van der Waals surface area (Å²) in [5.74, 6) is 0. The maximum atomic E-state index is 11.3. The van der Waals surface area contributed by atoms with Crippen molar-refractivity contribution in [3.63, 3.8) is 0 Å². The van der Waals surface area contributed by atoms with E-state index in [4.69, 9.17) is 15.9 Å². The van der Waals surface area contributed by atoms with Crippen LogP contribution in [0.2, 0.25) is 0 Å². The molecule has 5 N–H and O–H groups in total. The van der Waals surface area contributed by atoms with Crippen LogP contribution in [0.4, 0.5) is 5.69 Å². The standard InChI is InChI=1S/C16H24N4O2/c1-20(9-6-17,10-7-18)11-8-19-14-4-2-13-3-5-16(21)22-15(13)12-14/h2-5,12H,6-11,17-18H2,1H3/p+1. The van der Waals surface area contributed by atoms with E-state index in [-0.39, 0.29) is 5.63 Å². The molecule has 0 spiro atoms. The molecular formula is C16H25N4O2+. The summed E-state index contributed by atoms with van der Waals surface area (Å²) in [5, 5.41) is 4.28. The molecule has 1 aromatic carbocycles. The topological polar surface area (TPSA) is 94.3 Å². The number of nitrogens with two attached hydrogens (primary N) is 2. The van der Waals surface area contributed by atoms with Crippen molar-refractivity contribution in [1.29, 1.82) is 0 Å². The molecule has 1 aromatic heterocycles. The molecule has 22 heavy (non-hydrogen) atoms. The fourth-order valence-corrected chi connectivity index (χ4v) is 2.60. The van der Waals surface area contributed by atoms with Crippen LogP contribution in [-0.2, 0) is 0 Å². The molecule has 0 atom stereocenters. The van der Waals surface area contributed by atoms with Crippen molar-refractivity contribution in [2.24, 2.45) is 11.5 Å². The number of fused-ring (bicyclic) bond motifs is 1. The SMILES string of the molecule is C[N+](CCN)(CCN)CCNc1ccc2ccc(=O)oc2c1. The van der Waals surface area contributed by atoms with Crippen molar-refractivity contribution >= 4 is 16.7 Å². The van der Waals surface area contributed by atoms with Gasteiger partial charge >= 0.3 is 5.63 Å². The monoisotopic (exact) mass is 305 g/mol. The van der Waals surface area contributed by atoms with Gasteiger partial charge in [-0.05, 0) is 18.2 Å². The molecule has 0 aliphatic carbocycles. The Bertz CT molecular complexity index is 662. The van der Waals surface area contributed by atoms with Crippen LogP contribution in [0, 0.1) is 0 Å². The first-order valence-electron chi connectivity index (χ1n) is 7.58. The molecule has 2 aromatic rings. The molecule has 0 amide bonds. The number of anilines is 1. The Labute approximate surface area is 130 Å². The van der Waals surface area contributed by atoms with Gasteiger partial charge in [-0.15, -0.1) is 0 Å². The zero-order chi connectivity index (χ0) is 16.0. The average molecular weight is 305 g/mol. The minimum Gasteiger partial charge on any atom is -0.423 e. The lowest BCUT2D eigenvalue weighted by Gasteiger charge is -2.34. The highest BCUT2D eigenvalue weighted by molar-refractivity contribution is 5.80. The Morgan fingerprint density at radius 2 is 1.77 bits per heavy atom. The van der Waals surface area contributed by atoms with Crippen LogP contribution >= 0.6 is 0 Å². The van der Waals surface area contributed by atoms with Gasteiger partial charge in [-0.25, -0.2) is 4.79 Å². The molecule has 0 saturated heterocycles. The molecule has 0 radical (unpaired) electrons. The van der Waals surface area contributed by atoms with Gasteiger partial charge < -0.3 is 25.7 Å². The van der Waals surface area contributed by atoms with E-state index < -0.39 is 0 Å². The van der Waals surface area contributed by atoms with Crippen LogP contribution in [0.15, 0.2) is 39.5 Å². The summed E-state index contributed by atoms with van der Waals surface area (Å²) < 4.78 is 6.04. The third-order valence-corrected chi connectivity index (χ3v) is 3.94. The summed E-state index contributed by atoms with van der Waals surface area (Å²) >= 11 is 0. The second-order valence-electron chi connectivity index (χ2n) is 5.80. The number of likely N-dealkylation sites (N-methyl/N-ethyl adjacent to an activating group) is 1. The number of nitrogens with zero attached hydrogens (tertiary/aromatic N) is 1. The fourth-order valence-electron chi connectivity index (χ4n) is 2.60. The van der Waals surface area contributed by atoms with Gasteiger partial charge in [-0.2, -0.15) is 0 Å². The van der Waals surface area contributed by atoms with Gasteiger partial charge in [0.05, 0.1) is 33.2 Å². The molecule has 2 rings (SSSR count). The molecule has 0 saturated carbocycles. The molecule has 120 valence electrons. The van der Waals surface area contributed by atoms with Gasteiger partial charge in [-0.3, -0.25) is 0 Å². The highest BCUT2D eigenvalue weighted by Crippen LogP contribution is 2.17. The minimum atomic E-state index is -0.334. The van der Waals surface area contributed by atoms with Crippen molar-refractivity contribution in [3.8, 4) is 0 Å². The Balaban J connectivity index is 2.00. The Morgan fingerprint density at radius 1 is 1.09 bits per heavy atom. The Hall–Kier alpha value is -1.89. The van der Waals surface area contributed by atoms with E-state index in [0.717, 1.165) is 41.7 Å². The summed E-state index contributed by atoms with van der Waals surface area (Å²) in [4.78, 5) is 11.3. The van der Waals surface area contributed by atoms with Gasteiger partial charge in [0.2, 0.25) is 0 Å². The molecule has 0 unspecified atom stereocenters. The van der Waals surface area contributed by atoms with Gasteiger partial charge in [0, 0.05) is 36.3 Å². The maximum absolute atomic E-state index is 11.3. The third kappa shape index (κ3) is 4.30. The lowest BCUT2D eigenvalue weighted by molar-refractivity contribution is -0.905. The summed E-state index contributed by atoms with van der Waals surface area (Å²) in [6.07, 6.45) is 0. The smallest absolute Gasteiger partial charge is 0.336 e. The number of nitrogens with one attached hydrogen (secondary N) is 1. The Morgan fingerprint density at radius 3 is 2.45 bits per heavy atom. The third-order valence-electron chi connectivity index (χ3n) is 3.94. The van der Waals surface area contributed by atoms with Crippen molar-refractivity contribution in [1.82, 2.24) is 0 Å². The summed E-state index contributed by atoms with van der Waals surface area (Å²) in [6.45, 7) is 4.86. The number of rotatable bonds is 8. The van der Waals surface area contributed by atoms with Gasteiger partial charge in [0.15, 0.2) is 0 Å². The number of hydrogen-bond acceptors (Lipinski definition) is 5. The predicted octanol–water partition coefficient (Wildman–Crippen LogP) is 0.569. The summed E-state index contributed by atoms with van der Waals surface area (Å²) in [6, 6.07) is 8.97.